The molecule has 0 saturated heterocycles. The average Bonchev–Trinajstić information content (AvgIpc) is 2.88. The van der Waals surface area contributed by atoms with E-state index in [0.29, 0.717) is 0 Å². The lowest BCUT2D eigenvalue weighted by atomic mass is 10.1. The maximum atomic E-state index is 12.1. The van der Waals surface area contributed by atoms with Gasteiger partial charge in [0.25, 0.3) is 0 Å². The summed E-state index contributed by atoms with van der Waals surface area (Å²) in [6.45, 7) is 1.37. The van der Waals surface area contributed by atoms with E-state index in [2.05, 4.69) is 35.7 Å². The number of ether oxygens (including phenoxy) is 1. The summed E-state index contributed by atoms with van der Waals surface area (Å²) in [7, 11) is 0. The Morgan fingerprint density at radius 2 is 1.74 bits per heavy atom. The Kier molecular flexibility index (Phi) is 4.39. The zero-order valence-corrected chi connectivity index (χ0v) is 13.5. The molecule has 0 N–H and O–H groups in total. The van der Waals surface area contributed by atoms with E-state index in [9.17, 15) is 8.78 Å². The average molecular weight is 331 g/mol. The highest BCUT2D eigenvalue weighted by atomic mass is 32.1. The highest BCUT2D eigenvalue weighted by molar-refractivity contribution is 7.19. The lowest BCUT2D eigenvalue weighted by Gasteiger charge is -2.03. The molecule has 0 fully saturated rings. The number of thiazole rings is 1. The number of aryl methyl sites for hydroxylation is 2. The zero-order chi connectivity index (χ0) is 16.4. The Balaban J connectivity index is 1.79. The van der Waals surface area contributed by atoms with Crippen LogP contribution in [0.1, 0.15) is 21.7 Å². The number of fused-ring (bicyclic) bond motifs is 1. The van der Waals surface area contributed by atoms with Gasteiger partial charge in [0.15, 0.2) is 0 Å². The number of benzene rings is 2. The Morgan fingerprint density at radius 1 is 1.04 bits per heavy atom. The summed E-state index contributed by atoms with van der Waals surface area (Å²) < 4.78 is 29.7. The summed E-state index contributed by atoms with van der Waals surface area (Å²) >= 11 is 1.63. The Morgan fingerprint density at radius 3 is 2.43 bits per heavy atom. The second kappa shape index (κ2) is 6.46. The van der Waals surface area contributed by atoms with Crippen molar-refractivity contribution in [3.63, 3.8) is 0 Å². The fraction of sp³-hybridized carbons (Fsp3) is 0.167. The molecule has 5 heteroatoms. The van der Waals surface area contributed by atoms with Crippen LogP contribution in [0.2, 0.25) is 0 Å². The summed E-state index contributed by atoms with van der Waals surface area (Å²) in [5.74, 6) is 0.156. The van der Waals surface area contributed by atoms with Crippen LogP contribution in [0.3, 0.4) is 0 Å². The van der Waals surface area contributed by atoms with Gasteiger partial charge in [-0.05, 0) is 60.9 Å². The molecule has 1 heterocycles. The number of hydrogen-bond acceptors (Lipinski definition) is 3. The lowest BCUT2D eigenvalue weighted by molar-refractivity contribution is -0.0498. The smallest absolute Gasteiger partial charge is 0.387 e. The maximum Gasteiger partial charge on any atom is 0.387 e. The van der Waals surface area contributed by atoms with E-state index in [-0.39, 0.29) is 5.75 Å². The summed E-state index contributed by atoms with van der Waals surface area (Å²) in [6, 6.07) is 10.8. The first-order valence-electron chi connectivity index (χ1n) is 7.12. The molecule has 0 spiro atoms. The molecule has 0 unspecified atom stereocenters. The van der Waals surface area contributed by atoms with Crippen molar-refractivity contribution in [2.45, 2.75) is 20.5 Å². The summed E-state index contributed by atoms with van der Waals surface area (Å²) in [5, 5.41) is 0.915. The van der Waals surface area contributed by atoms with Crippen LogP contribution in [-0.4, -0.2) is 11.6 Å². The van der Waals surface area contributed by atoms with E-state index in [4.69, 9.17) is 0 Å². The number of halogens is 2. The van der Waals surface area contributed by atoms with Gasteiger partial charge in [0.1, 0.15) is 10.8 Å². The van der Waals surface area contributed by atoms with Crippen molar-refractivity contribution in [2.24, 2.45) is 0 Å². The molecule has 2 nitrogen and oxygen atoms in total. The predicted octanol–water partition coefficient (Wildman–Crippen LogP) is 5.68. The number of hydrogen-bond donors (Lipinski definition) is 0. The van der Waals surface area contributed by atoms with E-state index in [1.165, 1.54) is 23.3 Å². The van der Waals surface area contributed by atoms with Crippen molar-refractivity contribution in [3.8, 4) is 5.75 Å². The highest BCUT2D eigenvalue weighted by Gasteiger charge is 2.05. The second-order valence-electron chi connectivity index (χ2n) is 5.24. The van der Waals surface area contributed by atoms with Crippen molar-refractivity contribution in [2.75, 3.05) is 0 Å². The zero-order valence-electron chi connectivity index (χ0n) is 12.7. The molecule has 0 bridgehead atoms. The quantitative estimate of drug-likeness (QED) is 0.613. The third kappa shape index (κ3) is 3.74. The van der Waals surface area contributed by atoms with Gasteiger partial charge in [0.05, 0.1) is 10.2 Å². The van der Waals surface area contributed by atoms with Crippen molar-refractivity contribution in [1.82, 2.24) is 4.98 Å². The molecule has 0 aliphatic heterocycles. The first kappa shape index (κ1) is 15.6. The molecule has 0 saturated carbocycles. The standard InChI is InChI=1S/C18H15F2NOS/c1-11-9-15-16(10-12(11)2)23-17(21-15)8-5-13-3-6-14(7-4-13)22-18(19)20/h3-10,18H,1-2H3/b8-5+. The van der Waals surface area contributed by atoms with Gasteiger partial charge in [0, 0.05) is 0 Å². The molecule has 0 amide bonds. The largest absolute Gasteiger partial charge is 0.435 e. The van der Waals surface area contributed by atoms with Gasteiger partial charge in [-0.2, -0.15) is 8.78 Å². The van der Waals surface area contributed by atoms with Crippen molar-refractivity contribution in [3.05, 3.63) is 58.1 Å². The maximum absolute atomic E-state index is 12.1. The van der Waals surface area contributed by atoms with E-state index >= 15 is 0 Å². The normalized spacial score (nSPS) is 11.7. The third-order valence-corrected chi connectivity index (χ3v) is 4.53. The van der Waals surface area contributed by atoms with Gasteiger partial charge in [-0.15, -0.1) is 11.3 Å². The van der Waals surface area contributed by atoms with E-state index in [0.717, 1.165) is 20.8 Å². The molecule has 23 heavy (non-hydrogen) atoms. The monoisotopic (exact) mass is 331 g/mol. The molecular formula is C18H15F2NOS. The van der Waals surface area contributed by atoms with E-state index in [1.54, 1.807) is 23.5 Å². The predicted molar refractivity (Wildman–Crippen MR) is 91.1 cm³/mol. The molecule has 2 aromatic carbocycles. The number of nitrogens with zero attached hydrogens (tertiary/aromatic N) is 1. The van der Waals surface area contributed by atoms with Gasteiger partial charge in [0.2, 0.25) is 0 Å². The summed E-state index contributed by atoms with van der Waals surface area (Å²) in [4.78, 5) is 4.59. The molecule has 0 aliphatic carbocycles. The molecule has 118 valence electrons. The molecule has 1 aromatic heterocycles. The number of rotatable bonds is 4. The van der Waals surface area contributed by atoms with Crippen LogP contribution in [0.25, 0.3) is 22.4 Å². The van der Waals surface area contributed by atoms with Crippen molar-refractivity contribution in [1.29, 1.82) is 0 Å². The van der Waals surface area contributed by atoms with Gasteiger partial charge in [-0.1, -0.05) is 18.2 Å². The Bertz CT molecular complexity index is 814. The van der Waals surface area contributed by atoms with Crippen molar-refractivity contribution < 1.29 is 13.5 Å². The minimum Gasteiger partial charge on any atom is -0.435 e. The van der Waals surface area contributed by atoms with Crippen LogP contribution in [0, 0.1) is 13.8 Å². The van der Waals surface area contributed by atoms with Gasteiger partial charge in [-0.3, -0.25) is 0 Å². The van der Waals surface area contributed by atoms with Crippen LogP contribution in [-0.2, 0) is 0 Å². The van der Waals surface area contributed by atoms with Gasteiger partial charge >= 0.3 is 6.61 Å². The van der Waals surface area contributed by atoms with Crippen LogP contribution in [0.4, 0.5) is 8.78 Å². The Labute approximate surface area is 137 Å². The molecule has 3 aromatic rings. The second-order valence-corrected chi connectivity index (χ2v) is 6.30. The number of alkyl halides is 2. The molecule has 0 aliphatic rings. The first-order valence-corrected chi connectivity index (χ1v) is 7.93. The molecular weight excluding hydrogens is 316 g/mol. The molecule has 0 radical (unpaired) electrons. The minimum atomic E-state index is -2.80. The minimum absolute atomic E-state index is 0.156. The SMILES string of the molecule is Cc1cc2nc(/C=C/c3ccc(OC(F)F)cc3)sc2cc1C. The van der Waals surface area contributed by atoms with E-state index in [1.807, 2.05) is 12.2 Å². The van der Waals surface area contributed by atoms with Crippen LogP contribution >= 0.6 is 11.3 Å². The molecule has 3 rings (SSSR count). The lowest BCUT2D eigenvalue weighted by Crippen LogP contribution is -2.01. The van der Waals surface area contributed by atoms with Crippen molar-refractivity contribution >= 4 is 33.7 Å². The first-order chi connectivity index (χ1) is 11.0. The summed E-state index contributed by atoms with van der Waals surface area (Å²) in [5.41, 5.74) is 4.39. The highest BCUT2D eigenvalue weighted by Crippen LogP contribution is 2.26. The number of aromatic nitrogens is 1. The van der Waals surface area contributed by atoms with Gasteiger partial charge in [-0.25, -0.2) is 4.98 Å². The third-order valence-electron chi connectivity index (χ3n) is 3.54. The molecule has 0 atom stereocenters. The fourth-order valence-electron chi connectivity index (χ4n) is 2.20. The summed E-state index contributed by atoms with van der Waals surface area (Å²) in [6.07, 6.45) is 3.84. The van der Waals surface area contributed by atoms with Crippen LogP contribution < -0.4 is 4.74 Å². The van der Waals surface area contributed by atoms with Crippen LogP contribution in [0.5, 0.6) is 5.75 Å². The van der Waals surface area contributed by atoms with Crippen LogP contribution in [0.15, 0.2) is 36.4 Å². The van der Waals surface area contributed by atoms with E-state index < -0.39 is 6.61 Å². The Hall–Kier alpha value is -2.27. The topological polar surface area (TPSA) is 22.1 Å². The van der Waals surface area contributed by atoms with Gasteiger partial charge < -0.3 is 4.74 Å². The fourth-order valence-corrected chi connectivity index (χ4v) is 3.15.